The first-order valence-corrected chi connectivity index (χ1v) is 7.51. The topological polar surface area (TPSA) is 49.4 Å². The Hall–Kier alpha value is -1.84. The number of carbonyl (C=O) groups excluding carboxylic acids is 2. The van der Waals surface area contributed by atoms with Crippen LogP contribution in [0.5, 0.6) is 0 Å². The van der Waals surface area contributed by atoms with Gasteiger partial charge in [-0.3, -0.25) is 14.5 Å². The molecule has 1 heterocycles. The number of fused-ring (bicyclic) bond motifs is 1. The van der Waals surface area contributed by atoms with E-state index in [0.29, 0.717) is 19.4 Å². The van der Waals surface area contributed by atoms with Crippen molar-refractivity contribution in [1.29, 1.82) is 0 Å². The summed E-state index contributed by atoms with van der Waals surface area (Å²) in [5.74, 6) is -0.0559. The van der Waals surface area contributed by atoms with Crippen LogP contribution >= 0.6 is 0 Å². The highest BCUT2D eigenvalue weighted by Crippen LogP contribution is 2.34. The van der Waals surface area contributed by atoms with E-state index in [1.807, 2.05) is 52.0 Å². The molecule has 1 N–H and O–H groups in total. The van der Waals surface area contributed by atoms with Gasteiger partial charge in [0.05, 0.1) is 0 Å². The van der Waals surface area contributed by atoms with Crippen molar-refractivity contribution in [3.05, 3.63) is 29.8 Å². The van der Waals surface area contributed by atoms with Gasteiger partial charge in [-0.25, -0.2) is 0 Å². The lowest BCUT2D eigenvalue weighted by atomic mass is 9.91. The fourth-order valence-corrected chi connectivity index (χ4v) is 2.73. The maximum absolute atomic E-state index is 12.7. The van der Waals surface area contributed by atoms with Crippen molar-refractivity contribution in [2.75, 3.05) is 11.4 Å². The summed E-state index contributed by atoms with van der Waals surface area (Å²) < 4.78 is 0. The summed E-state index contributed by atoms with van der Waals surface area (Å²) in [6.45, 7) is 8.57. The molecule has 114 valence electrons. The molecule has 0 aromatic heterocycles. The van der Waals surface area contributed by atoms with Gasteiger partial charge in [-0.2, -0.15) is 0 Å². The molecule has 1 aliphatic rings. The van der Waals surface area contributed by atoms with E-state index in [1.165, 1.54) is 0 Å². The summed E-state index contributed by atoms with van der Waals surface area (Å²) in [6.07, 6.45) is 1.02. The minimum absolute atomic E-state index is 0.0173. The van der Waals surface area contributed by atoms with Crippen molar-refractivity contribution in [3.63, 3.8) is 0 Å². The summed E-state index contributed by atoms with van der Waals surface area (Å²) in [6, 6.07) is 7.36. The normalized spacial score (nSPS) is 17.5. The van der Waals surface area contributed by atoms with E-state index >= 15 is 0 Å². The Morgan fingerprint density at radius 1 is 1.29 bits per heavy atom. The first-order chi connectivity index (χ1) is 9.83. The fraction of sp³-hybridized carbons (Fsp3) is 0.529. The summed E-state index contributed by atoms with van der Waals surface area (Å²) in [5.41, 5.74) is 1.85. The molecule has 21 heavy (non-hydrogen) atoms. The van der Waals surface area contributed by atoms with Crippen molar-refractivity contribution in [3.8, 4) is 0 Å². The maximum Gasteiger partial charge on any atom is 0.243 e. The largest absolute Gasteiger partial charge is 0.355 e. The lowest BCUT2D eigenvalue weighted by molar-refractivity contribution is -0.126. The second kappa shape index (κ2) is 5.88. The highest BCUT2D eigenvalue weighted by Gasteiger charge is 2.38. The Morgan fingerprint density at radius 2 is 1.95 bits per heavy atom. The molecule has 0 radical (unpaired) electrons. The quantitative estimate of drug-likeness (QED) is 0.929. The number of amides is 2. The Morgan fingerprint density at radius 3 is 2.57 bits per heavy atom. The third-order valence-electron chi connectivity index (χ3n) is 3.58. The molecule has 0 bridgehead atoms. The van der Waals surface area contributed by atoms with Crippen LogP contribution < -0.4 is 10.2 Å². The van der Waals surface area contributed by atoms with Gasteiger partial charge >= 0.3 is 0 Å². The number of rotatable bonds is 3. The number of anilines is 1. The highest BCUT2D eigenvalue weighted by molar-refractivity contribution is 6.03. The van der Waals surface area contributed by atoms with Gasteiger partial charge in [-0.1, -0.05) is 39.0 Å². The minimum atomic E-state index is -0.419. The van der Waals surface area contributed by atoms with Crippen LogP contribution in [0.4, 0.5) is 5.69 Å². The van der Waals surface area contributed by atoms with Gasteiger partial charge in [0.25, 0.3) is 0 Å². The molecule has 0 aliphatic carbocycles. The lowest BCUT2D eigenvalue weighted by Gasteiger charge is -2.28. The zero-order valence-corrected chi connectivity index (χ0v) is 13.3. The maximum atomic E-state index is 12.7. The van der Waals surface area contributed by atoms with Crippen LogP contribution in [0.25, 0.3) is 0 Å². The molecular formula is C17H24N2O2. The van der Waals surface area contributed by atoms with E-state index in [4.69, 9.17) is 0 Å². The van der Waals surface area contributed by atoms with E-state index in [9.17, 15) is 9.59 Å². The SMILES string of the molecule is CCNC(=O)C1Cc2ccccc2N1C(=O)CC(C)(C)C. The number of carbonyl (C=O) groups is 2. The number of nitrogens with zero attached hydrogens (tertiary/aromatic N) is 1. The molecule has 4 nitrogen and oxygen atoms in total. The zero-order chi connectivity index (χ0) is 15.6. The number of hydrogen-bond donors (Lipinski definition) is 1. The molecule has 1 aliphatic heterocycles. The smallest absolute Gasteiger partial charge is 0.243 e. The summed E-state index contributed by atoms with van der Waals surface area (Å²) >= 11 is 0. The molecule has 0 fully saturated rings. The molecule has 0 saturated carbocycles. The molecule has 2 rings (SSSR count). The number of benzene rings is 1. The summed E-state index contributed by atoms with van der Waals surface area (Å²) in [7, 11) is 0. The van der Waals surface area contributed by atoms with Gasteiger partial charge in [0.2, 0.25) is 11.8 Å². The molecule has 1 unspecified atom stereocenters. The zero-order valence-electron chi connectivity index (χ0n) is 13.3. The van der Waals surface area contributed by atoms with Crippen molar-refractivity contribution in [2.24, 2.45) is 5.41 Å². The van der Waals surface area contributed by atoms with Gasteiger partial charge in [-0.15, -0.1) is 0 Å². The van der Waals surface area contributed by atoms with E-state index in [2.05, 4.69) is 5.32 Å². The Balaban J connectivity index is 2.31. The molecule has 0 saturated heterocycles. The number of nitrogens with one attached hydrogen (secondary N) is 1. The van der Waals surface area contributed by atoms with Crippen LogP contribution in [0, 0.1) is 5.41 Å². The third kappa shape index (κ3) is 3.43. The molecule has 0 spiro atoms. The van der Waals surface area contributed by atoms with Gasteiger partial charge in [-0.05, 0) is 24.0 Å². The number of hydrogen-bond acceptors (Lipinski definition) is 2. The Kier molecular flexibility index (Phi) is 4.35. The monoisotopic (exact) mass is 288 g/mol. The molecule has 1 aromatic rings. The predicted molar refractivity (Wildman–Crippen MR) is 84.2 cm³/mol. The van der Waals surface area contributed by atoms with Gasteiger partial charge in [0.1, 0.15) is 6.04 Å². The van der Waals surface area contributed by atoms with Crippen molar-refractivity contribution in [2.45, 2.75) is 46.6 Å². The molecule has 2 amide bonds. The van der Waals surface area contributed by atoms with Crippen LogP contribution in [0.3, 0.4) is 0 Å². The van der Waals surface area contributed by atoms with Crippen LogP contribution in [0.1, 0.15) is 39.7 Å². The standard InChI is InChI=1S/C17H24N2O2/c1-5-18-16(21)14-10-12-8-6-7-9-13(12)19(14)15(20)11-17(2,3)4/h6-9,14H,5,10-11H2,1-4H3,(H,18,21). The molecular weight excluding hydrogens is 264 g/mol. The second-order valence-corrected chi connectivity index (χ2v) is 6.74. The summed E-state index contributed by atoms with van der Waals surface area (Å²) in [4.78, 5) is 26.7. The van der Waals surface area contributed by atoms with Crippen molar-refractivity contribution < 1.29 is 9.59 Å². The van der Waals surface area contributed by atoms with Crippen LogP contribution in [-0.4, -0.2) is 24.4 Å². The average Bonchev–Trinajstić information content (AvgIpc) is 2.76. The van der Waals surface area contributed by atoms with Crippen LogP contribution in [0.2, 0.25) is 0 Å². The molecule has 1 atom stereocenters. The van der Waals surface area contributed by atoms with E-state index in [-0.39, 0.29) is 17.2 Å². The Labute approximate surface area is 126 Å². The minimum Gasteiger partial charge on any atom is -0.355 e. The van der Waals surface area contributed by atoms with Crippen LogP contribution in [0.15, 0.2) is 24.3 Å². The Bertz CT molecular complexity index is 546. The summed E-state index contributed by atoms with van der Waals surface area (Å²) in [5, 5.41) is 2.84. The van der Waals surface area contributed by atoms with Gasteiger partial charge in [0, 0.05) is 25.1 Å². The van der Waals surface area contributed by atoms with Gasteiger partial charge < -0.3 is 5.32 Å². The first kappa shape index (κ1) is 15.5. The predicted octanol–water partition coefficient (Wildman–Crippen LogP) is 2.52. The average molecular weight is 288 g/mol. The number of para-hydroxylation sites is 1. The molecule has 1 aromatic carbocycles. The van der Waals surface area contributed by atoms with Crippen molar-refractivity contribution in [1.82, 2.24) is 5.32 Å². The first-order valence-electron chi connectivity index (χ1n) is 7.51. The molecule has 4 heteroatoms. The van der Waals surface area contributed by atoms with E-state index in [0.717, 1.165) is 11.3 Å². The van der Waals surface area contributed by atoms with Crippen molar-refractivity contribution >= 4 is 17.5 Å². The lowest BCUT2D eigenvalue weighted by Crippen LogP contribution is -2.48. The fourth-order valence-electron chi connectivity index (χ4n) is 2.73. The van der Waals surface area contributed by atoms with Gasteiger partial charge in [0.15, 0.2) is 0 Å². The highest BCUT2D eigenvalue weighted by atomic mass is 16.2. The van der Waals surface area contributed by atoms with E-state index < -0.39 is 6.04 Å². The third-order valence-corrected chi connectivity index (χ3v) is 3.58. The second-order valence-electron chi connectivity index (χ2n) is 6.74. The van der Waals surface area contributed by atoms with Crippen LogP contribution in [-0.2, 0) is 16.0 Å². The van der Waals surface area contributed by atoms with E-state index in [1.54, 1.807) is 4.90 Å². The number of likely N-dealkylation sites (N-methyl/N-ethyl adjacent to an activating group) is 1.